The van der Waals surface area contributed by atoms with E-state index in [2.05, 4.69) is 15.9 Å². The molecule has 0 spiro atoms. The van der Waals surface area contributed by atoms with Gasteiger partial charge in [0.1, 0.15) is 5.60 Å². The molecule has 17 heavy (non-hydrogen) atoms. The van der Waals surface area contributed by atoms with Crippen molar-refractivity contribution < 1.29 is 19.1 Å². The molecule has 6 heteroatoms. The van der Waals surface area contributed by atoms with Crippen LogP contribution in [0, 0.1) is 0 Å². The summed E-state index contributed by atoms with van der Waals surface area (Å²) in [6.45, 7) is 6.96. The normalized spacial score (nSPS) is 14.9. The molecule has 0 saturated heterocycles. The molecule has 0 bridgehead atoms. The second kappa shape index (κ2) is 6.35. The minimum atomic E-state index is -1.74. The molecule has 0 aromatic heterocycles. The first kappa shape index (κ1) is 16.4. The van der Waals surface area contributed by atoms with Crippen LogP contribution >= 0.6 is 15.9 Å². The lowest BCUT2D eigenvalue weighted by molar-refractivity contribution is -0.171. The zero-order valence-electron chi connectivity index (χ0n) is 10.7. The highest BCUT2D eigenvalue weighted by Gasteiger charge is 2.46. The van der Waals surface area contributed by atoms with E-state index in [0.717, 1.165) is 0 Å². The average Bonchev–Trinajstić information content (AvgIpc) is 2.15. The largest absolute Gasteiger partial charge is 0.464 e. The van der Waals surface area contributed by atoms with Gasteiger partial charge in [0.2, 0.25) is 5.54 Å². The van der Waals surface area contributed by atoms with Crippen LogP contribution < -0.4 is 5.73 Å². The number of rotatable bonds is 5. The molecule has 0 rings (SSSR count). The summed E-state index contributed by atoms with van der Waals surface area (Å²) in [6.07, 6.45) is 0.126. The summed E-state index contributed by atoms with van der Waals surface area (Å²) in [5, 5.41) is 0.404. The number of esters is 2. The minimum absolute atomic E-state index is 0.126. The Morgan fingerprint density at radius 1 is 1.24 bits per heavy atom. The quantitative estimate of drug-likeness (QED) is 0.471. The van der Waals surface area contributed by atoms with E-state index in [0.29, 0.717) is 5.33 Å². The minimum Gasteiger partial charge on any atom is -0.464 e. The highest BCUT2D eigenvalue weighted by Crippen LogP contribution is 2.18. The number of alkyl halides is 1. The van der Waals surface area contributed by atoms with Gasteiger partial charge in [0, 0.05) is 5.33 Å². The molecule has 0 amide bonds. The third kappa shape index (κ3) is 5.04. The summed E-state index contributed by atoms with van der Waals surface area (Å²) in [4.78, 5) is 23.6. The van der Waals surface area contributed by atoms with Crippen LogP contribution in [-0.4, -0.2) is 35.0 Å². The Bertz CT molecular complexity index is 288. The Balaban J connectivity index is 4.93. The smallest absolute Gasteiger partial charge is 0.338 e. The van der Waals surface area contributed by atoms with Gasteiger partial charge >= 0.3 is 11.9 Å². The molecule has 0 heterocycles. The van der Waals surface area contributed by atoms with E-state index in [1.807, 2.05) is 0 Å². The second-order valence-electron chi connectivity index (χ2n) is 4.63. The Kier molecular flexibility index (Phi) is 6.12. The SMILES string of the molecule is CCOC(=O)C(N)(CCBr)C(=O)OC(C)(C)C. The van der Waals surface area contributed by atoms with Crippen molar-refractivity contribution in [2.24, 2.45) is 5.73 Å². The zero-order chi connectivity index (χ0) is 13.7. The number of hydrogen-bond acceptors (Lipinski definition) is 5. The third-order valence-electron chi connectivity index (χ3n) is 1.89. The number of carbonyl (C=O) groups is 2. The summed E-state index contributed by atoms with van der Waals surface area (Å²) in [5.74, 6) is -1.52. The molecular formula is C11H20BrNO4. The molecule has 2 N–H and O–H groups in total. The van der Waals surface area contributed by atoms with Crippen LogP contribution in [0.4, 0.5) is 0 Å². The molecule has 5 nitrogen and oxygen atoms in total. The highest BCUT2D eigenvalue weighted by atomic mass is 79.9. The lowest BCUT2D eigenvalue weighted by Crippen LogP contribution is -2.58. The van der Waals surface area contributed by atoms with Crippen LogP contribution in [0.25, 0.3) is 0 Å². The van der Waals surface area contributed by atoms with Crippen LogP contribution in [0.1, 0.15) is 34.1 Å². The van der Waals surface area contributed by atoms with E-state index >= 15 is 0 Å². The van der Waals surface area contributed by atoms with Crippen molar-refractivity contribution in [3.05, 3.63) is 0 Å². The van der Waals surface area contributed by atoms with Crippen molar-refractivity contribution in [2.45, 2.75) is 45.3 Å². The molecule has 1 atom stereocenters. The van der Waals surface area contributed by atoms with E-state index in [-0.39, 0.29) is 13.0 Å². The molecule has 100 valence electrons. The van der Waals surface area contributed by atoms with Gasteiger partial charge in [-0.3, -0.25) is 0 Å². The molecule has 0 aromatic rings. The number of halogens is 1. The van der Waals surface area contributed by atoms with Gasteiger partial charge in [0.05, 0.1) is 6.61 Å². The number of nitrogens with two attached hydrogens (primary N) is 1. The Hall–Kier alpha value is -0.620. The van der Waals surface area contributed by atoms with Crippen molar-refractivity contribution in [1.82, 2.24) is 0 Å². The molecule has 0 aromatic carbocycles. The number of hydrogen-bond donors (Lipinski definition) is 1. The first-order valence-corrected chi connectivity index (χ1v) is 6.55. The Labute approximate surface area is 110 Å². The van der Waals surface area contributed by atoms with E-state index in [9.17, 15) is 9.59 Å². The van der Waals surface area contributed by atoms with Crippen molar-refractivity contribution >= 4 is 27.9 Å². The van der Waals surface area contributed by atoms with Gasteiger partial charge in [-0.2, -0.15) is 0 Å². The summed E-state index contributed by atoms with van der Waals surface area (Å²) in [6, 6.07) is 0. The van der Waals surface area contributed by atoms with Crippen LogP contribution in [0.2, 0.25) is 0 Å². The maximum atomic E-state index is 11.9. The maximum Gasteiger partial charge on any atom is 0.338 e. The fraction of sp³-hybridized carbons (Fsp3) is 0.818. The van der Waals surface area contributed by atoms with Crippen LogP contribution in [0.15, 0.2) is 0 Å². The standard InChI is InChI=1S/C11H20BrNO4/c1-5-16-8(14)11(13,6-7-12)9(15)17-10(2,3)4/h5-7,13H2,1-4H3. The van der Waals surface area contributed by atoms with Gasteiger partial charge in [-0.25, -0.2) is 9.59 Å². The number of carbonyl (C=O) groups excluding carboxylic acids is 2. The fourth-order valence-corrected chi connectivity index (χ4v) is 1.69. The highest BCUT2D eigenvalue weighted by molar-refractivity contribution is 9.09. The van der Waals surface area contributed by atoms with Crippen LogP contribution in [0.3, 0.4) is 0 Å². The number of ether oxygens (including phenoxy) is 2. The first-order chi connectivity index (χ1) is 7.67. The summed E-state index contributed by atoms with van der Waals surface area (Å²) in [5.41, 5.74) is 3.37. The molecule has 0 radical (unpaired) electrons. The molecule has 0 aliphatic rings. The van der Waals surface area contributed by atoms with Crippen molar-refractivity contribution in [1.29, 1.82) is 0 Å². The molecule has 0 saturated carbocycles. The monoisotopic (exact) mass is 309 g/mol. The molecule has 0 aliphatic carbocycles. The molecule has 0 aliphatic heterocycles. The van der Waals surface area contributed by atoms with Crippen LogP contribution in [0.5, 0.6) is 0 Å². The van der Waals surface area contributed by atoms with Gasteiger partial charge in [-0.05, 0) is 34.1 Å². The van der Waals surface area contributed by atoms with Gasteiger partial charge in [0.15, 0.2) is 0 Å². The van der Waals surface area contributed by atoms with E-state index in [1.165, 1.54) is 0 Å². The lowest BCUT2D eigenvalue weighted by atomic mass is 9.97. The fourth-order valence-electron chi connectivity index (χ4n) is 1.07. The predicted octanol–water partition coefficient (Wildman–Crippen LogP) is 1.37. The topological polar surface area (TPSA) is 78.6 Å². The average molecular weight is 310 g/mol. The van der Waals surface area contributed by atoms with E-state index in [4.69, 9.17) is 15.2 Å². The van der Waals surface area contributed by atoms with Crippen molar-refractivity contribution in [3.8, 4) is 0 Å². The Morgan fingerprint density at radius 2 is 1.76 bits per heavy atom. The Morgan fingerprint density at radius 3 is 2.12 bits per heavy atom. The predicted molar refractivity (Wildman–Crippen MR) is 67.8 cm³/mol. The van der Waals surface area contributed by atoms with Crippen molar-refractivity contribution in [2.75, 3.05) is 11.9 Å². The van der Waals surface area contributed by atoms with Crippen LogP contribution in [-0.2, 0) is 19.1 Å². The van der Waals surface area contributed by atoms with Gasteiger partial charge in [-0.1, -0.05) is 15.9 Å². The maximum absolute atomic E-state index is 11.9. The van der Waals surface area contributed by atoms with E-state index in [1.54, 1.807) is 27.7 Å². The van der Waals surface area contributed by atoms with Gasteiger partial charge in [0.25, 0.3) is 0 Å². The zero-order valence-corrected chi connectivity index (χ0v) is 12.3. The molecular weight excluding hydrogens is 290 g/mol. The van der Waals surface area contributed by atoms with Gasteiger partial charge < -0.3 is 15.2 Å². The first-order valence-electron chi connectivity index (χ1n) is 5.43. The molecule has 1 unspecified atom stereocenters. The lowest BCUT2D eigenvalue weighted by Gasteiger charge is -2.28. The third-order valence-corrected chi connectivity index (χ3v) is 2.29. The summed E-state index contributed by atoms with van der Waals surface area (Å²) in [7, 11) is 0. The molecule has 0 fully saturated rings. The second-order valence-corrected chi connectivity index (χ2v) is 5.43. The van der Waals surface area contributed by atoms with Crippen molar-refractivity contribution in [3.63, 3.8) is 0 Å². The van der Waals surface area contributed by atoms with Gasteiger partial charge in [-0.15, -0.1) is 0 Å². The summed E-state index contributed by atoms with van der Waals surface area (Å²) < 4.78 is 9.95. The van der Waals surface area contributed by atoms with E-state index < -0.39 is 23.1 Å². The summed E-state index contributed by atoms with van der Waals surface area (Å²) >= 11 is 3.16.